The maximum Gasteiger partial charge on any atom is 0.238 e. The van der Waals surface area contributed by atoms with E-state index < -0.39 is 0 Å². The number of halogens is 1. The molecule has 0 spiro atoms. The number of ether oxygens (including phenoxy) is 2. The highest BCUT2D eigenvalue weighted by molar-refractivity contribution is 6.30. The molecule has 0 aromatic heterocycles. The zero-order chi connectivity index (χ0) is 19.9. The summed E-state index contributed by atoms with van der Waals surface area (Å²) in [6.07, 6.45) is 0.668. The van der Waals surface area contributed by atoms with E-state index in [0.29, 0.717) is 42.7 Å². The van der Waals surface area contributed by atoms with E-state index in [1.54, 1.807) is 0 Å². The normalized spacial score (nSPS) is 18.7. The lowest BCUT2D eigenvalue weighted by atomic mass is 10.0. The smallest absolute Gasteiger partial charge is 0.238 e. The summed E-state index contributed by atoms with van der Waals surface area (Å²) in [5, 5.41) is 3.68. The second-order valence-electron chi connectivity index (χ2n) is 6.55. The van der Waals surface area contributed by atoms with Gasteiger partial charge in [-0.1, -0.05) is 29.8 Å². The number of carbonyl (C=O) groups excluding carboxylic acids is 1. The van der Waals surface area contributed by atoms with Crippen molar-refractivity contribution < 1.29 is 14.3 Å². The van der Waals surface area contributed by atoms with Gasteiger partial charge in [-0.2, -0.15) is 0 Å². The molecule has 1 heterocycles. The first-order valence-corrected chi connectivity index (χ1v) is 9.91. The van der Waals surface area contributed by atoms with Crippen molar-refractivity contribution >= 4 is 17.5 Å². The van der Waals surface area contributed by atoms with Gasteiger partial charge in [-0.3, -0.25) is 4.79 Å². The quantitative estimate of drug-likeness (QED) is 0.630. The summed E-state index contributed by atoms with van der Waals surface area (Å²) in [4.78, 5) is 12.5. The molecule has 2 atom stereocenters. The third-order valence-corrected chi connectivity index (χ3v) is 4.82. The van der Waals surface area contributed by atoms with Crippen molar-refractivity contribution in [1.29, 1.82) is 0 Å². The molecule has 0 aliphatic carbocycles. The van der Waals surface area contributed by atoms with Gasteiger partial charge in [0, 0.05) is 17.6 Å². The summed E-state index contributed by atoms with van der Waals surface area (Å²) in [6.45, 7) is 5.42. The Kier molecular flexibility index (Phi) is 7.14. The first-order chi connectivity index (χ1) is 13.6. The number of amides is 1. The van der Waals surface area contributed by atoms with E-state index in [1.807, 2.05) is 56.3 Å². The van der Waals surface area contributed by atoms with Crippen LogP contribution in [-0.4, -0.2) is 25.2 Å². The Balaban J connectivity index is 1.55. The largest absolute Gasteiger partial charge is 0.490 e. The number of carbonyl (C=O) groups is 1. The maximum absolute atomic E-state index is 12.5. The van der Waals surface area contributed by atoms with Gasteiger partial charge in [0.05, 0.1) is 13.2 Å². The minimum absolute atomic E-state index is 0.0455. The molecule has 1 aliphatic rings. The fourth-order valence-electron chi connectivity index (χ4n) is 3.16. The zero-order valence-corrected chi connectivity index (χ0v) is 16.9. The van der Waals surface area contributed by atoms with E-state index in [0.717, 1.165) is 11.1 Å². The van der Waals surface area contributed by atoms with Crippen molar-refractivity contribution in [2.24, 2.45) is 0 Å². The number of nitrogens with one attached hydrogen (secondary N) is 3. The predicted molar refractivity (Wildman–Crippen MR) is 109 cm³/mol. The van der Waals surface area contributed by atoms with Crippen LogP contribution in [0.15, 0.2) is 42.5 Å². The second kappa shape index (κ2) is 9.78. The first kappa shape index (κ1) is 20.5. The van der Waals surface area contributed by atoms with Crippen LogP contribution >= 0.6 is 11.6 Å². The molecule has 2 aromatic rings. The molecule has 7 heteroatoms. The molecular formula is C21H26ClN3O3. The fourth-order valence-corrected chi connectivity index (χ4v) is 3.29. The predicted octanol–water partition coefficient (Wildman–Crippen LogP) is 3.36. The summed E-state index contributed by atoms with van der Waals surface area (Å²) < 4.78 is 11.2. The monoisotopic (exact) mass is 403 g/mol. The Bertz CT molecular complexity index is 798. The van der Waals surface area contributed by atoms with Gasteiger partial charge in [0.2, 0.25) is 5.91 Å². The van der Waals surface area contributed by atoms with Crippen LogP contribution in [0.3, 0.4) is 0 Å². The molecule has 2 unspecified atom stereocenters. The average Bonchev–Trinajstić information content (AvgIpc) is 3.19. The van der Waals surface area contributed by atoms with Gasteiger partial charge in [-0.05, 0) is 55.7 Å². The van der Waals surface area contributed by atoms with Crippen molar-refractivity contribution in [3.8, 4) is 11.5 Å². The Morgan fingerprint density at radius 2 is 1.79 bits per heavy atom. The van der Waals surface area contributed by atoms with Crippen LogP contribution < -0.4 is 25.6 Å². The highest BCUT2D eigenvalue weighted by atomic mass is 35.5. The molecule has 2 aromatic carbocycles. The van der Waals surface area contributed by atoms with Crippen LogP contribution in [0.1, 0.15) is 37.4 Å². The minimum Gasteiger partial charge on any atom is -0.490 e. The molecule has 3 rings (SSSR count). The Morgan fingerprint density at radius 1 is 1.07 bits per heavy atom. The van der Waals surface area contributed by atoms with E-state index in [2.05, 4.69) is 16.2 Å². The van der Waals surface area contributed by atoms with Crippen molar-refractivity contribution in [3.05, 3.63) is 58.6 Å². The molecule has 1 amide bonds. The number of hydrazine groups is 1. The van der Waals surface area contributed by atoms with Crippen LogP contribution in [0.2, 0.25) is 5.02 Å². The van der Waals surface area contributed by atoms with E-state index in [9.17, 15) is 4.79 Å². The van der Waals surface area contributed by atoms with Crippen molar-refractivity contribution in [1.82, 2.24) is 16.2 Å². The Morgan fingerprint density at radius 3 is 2.50 bits per heavy atom. The van der Waals surface area contributed by atoms with Gasteiger partial charge in [-0.15, -0.1) is 0 Å². The van der Waals surface area contributed by atoms with Gasteiger partial charge in [-0.25, -0.2) is 10.9 Å². The molecule has 1 aliphatic heterocycles. The van der Waals surface area contributed by atoms with Crippen molar-refractivity contribution in [2.45, 2.75) is 38.9 Å². The third kappa shape index (κ3) is 5.16. The molecule has 0 bridgehead atoms. The zero-order valence-electron chi connectivity index (χ0n) is 16.1. The summed E-state index contributed by atoms with van der Waals surface area (Å²) >= 11 is 5.94. The SMILES string of the molecule is CCOc1ccc(CNC(=O)C2CC(c3ccc(Cl)cc3)NN2)cc1OCC. The van der Waals surface area contributed by atoms with Crippen molar-refractivity contribution in [3.63, 3.8) is 0 Å². The number of benzene rings is 2. The van der Waals surface area contributed by atoms with Gasteiger partial charge in [0.15, 0.2) is 11.5 Å². The lowest BCUT2D eigenvalue weighted by Gasteiger charge is -2.14. The second-order valence-corrected chi connectivity index (χ2v) is 6.98. The molecule has 0 saturated carbocycles. The summed E-state index contributed by atoms with van der Waals surface area (Å²) in [6, 6.07) is 13.1. The Hall–Kier alpha value is -2.28. The standard InChI is InChI=1S/C21H26ClN3O3/c1-3-27-19-10-5-14(11-20(19)28-4-2)13-23-21(26)18-12-17(24-25-18)15-6-8-16(22)9-7-15/h5-11,17-18,24-25H,3-4,12-13H2,1-2H3,(H,23,26). The van der Waals surface area contributed by atoms with E-state index in [1.165, 1.54) is 0 Å². The molecule has 150 valence electrons. The number of hydrogen-bond acceptors (Lipinski definition) is 5. The maximum atomic E-state index is 12.5. The summed E-state index contributed by atoms with van der Waals surface area (Å²) in [5.41, 5.74) is 8.31. The molecule has 28 heavy (non-hydrogen) atoms. The minimum atomic E-state index is -0.297. The molecule has 1 saturated heterocycles. The third-order valence-electron chi connectivity index (χ3n) is 4.57. The first-order valence-electron chi connectivity index (χ1n) is 9.53. The van der Waals surface area contributed by atoms with Crippen LogP contribution in [0.5, 0.6) is 11.5 Å². The van der Waals surface area contributed by atoms with Crippen LogP contribution in [0.25, 0.3) is 0 Å². The van der Waals surface area contributed by atoms with Gasteiger partial charge in [0.25, 0.3) is 0 Å². The topological polar surface area (TPSA) is 71.6 Å². The number of rotatable bonds is 8. The molecular weight excluding hydrogens is 378 g/mol. The van der Waals surface area contributed by atoms with Gasteiger partial charge in [0.1, 0.15) is 6.04 Å². The fraction of sp³-hybridized carbons (Fsp3) is 0.381. The summed E-state index contributed by atoms with van der Waals surface area (Å²) in [7, 11) is 0. The highest BCUT2D eigenvalue weighted by Gasteiger charge is 2.29. The molecule has 6 nitrogen and oxygen atoms in total. The van der Waals surface area contributed by atoms with E-state index >= 15 is 0 Å². The van der Waals surface area contributed by atoms with Gasteiger partial charge >= 0.3 is 0 Å². The molecule has 3 N–H and O–H groups in total. The molecule has 1 fully saturated rings. The molecule has 0 radical (unpaired) electrons. The van der Waals surface area contributed by atoms with Gasteiger partial charge < -0.3 is 14.8 Å². The average molecular weight is 404 g/mol. The van der Waals surface area contributed by atoms with E-state index in [-0.39, 0.29) is 18.0 Å². The Labute approximate surface area is 170 Å². The highest BCUT2D eigenvalue weighted by Crippen LogP contribution is 2.28. The summed E-state index contributed by atoms with van der Waals surface area (Å²) in [5.74, 6) is 1.36. The number of hydrogen-bond donors (Lipinski definition) is 3. The lowest BCUT2D eigenvalue weighted by Crippen LogP contribution is -2.42. The van der Waals surface area contributed by atoms with Crippen LogP contribution in [0.4, 0.5) is 0 Å². The van der Waals surface area contributed by atoms with Crippen LogP contribution in [0, 0.1) is 0 Å². The lowest BCUT2D eigenvalue weighted by molar-refractivity contribution is -0.123. The van der Waals surface area contributed by atoms with Crippen molar-refractivity contribution in [2.75, 3.05) is 13.2 Å². The van der Waals surface area contributed by atoms with E-state index in [4.69, 9.17) is 21.1 Å². The van der Waals surface area contributed by atoms with Crippen LogP contribution in [-0.2, 0) is 11.3 Å².